The van der Waals surface area contributed by atoms with Crippen LogP contribution in [0.2, 0.25) is 0 Å². The summed E-state index contributed by atoms with van der Waals surface area (Å²) in [5.74, 6) is 0.928. The van der Waals surface area contributed by atoms with Gasteiger partial charge in [-0.3, -0.25) is 4.79 Å². The summed E-state index contributed by atoms with van der Waals surface area (Å²) in [5, 5.41) is 0. The third-order valence-corrected chi connectivity index (χ3v) is 4.06. The van der Waals surface area contributed by atoms with Crippen LogP contribution >= 0.6 is 0 Å². The van der Waals surface area contributed by atoms with E-state index in [9.17, 15) is 4.79 Å². The van der Waals surface area contributed by atoms with E-state index < -0.39 is 0 Å². The molecule has 0 aromatic rings. The molecule has 2 saturated heterocycles. The van der Waals surface area contributed by atoms with Crippen molar-refractivity contribution in [1.82, 2.24) is 4.90 Å². The molecule has 104 valence electrons. The second-order valence-electron chi connectivity index (χ2n) is 5.38. The van der Waals surface area contributed by atoms with Crippen LogP contribution in [0.3, 0.4) is 0 Å². The molecule has 2 heterocycles. The molecular weight excluding hydrogens is 230 g/mol. The number of hydrogen-bond donors (Lipinski definition) is 0. The molecule has 2 rings (SSSR count). The van der Waals surface area contributed by atoms with Gasteiger partial charge in [0.2, 0.25) is 0 Å². The number of esters is 1. The number of carbonyl (C=O) groups is 1. The van der Waals surface area contributed by atoms with E-state index in [0.29, 0.717) is 6.61 Å². The van der Waals surface area contributed by atoms with Crippen LogP contribution in [0, 0.1) is 11.8 Å². The number of nitrogens with zero attached hydrogens (tertiary/aromatic N) is 1. The van der Waals surface area contributed by atoms with Gasteiger partial charge in [0, 0.05) is 19.8 Å². The Bertz CT molecular complexity index is 256. The van der Waals surface area contributed by atoms with Crippen LogP contribution in [0.1, 0.15) is 32.6 Å². The minimum Gasteiger partial charge on any atom is -0.466 e. The highest BCUT2D eigenvalue weighted by molar-refractivity contribution is 5.72. The highest BCUT2D eigenvalue weighted by Gasteiger charge is 2.27. The highest BCUT2D eigenvalue weighted by Crippen LogP contribution is 2.22. The lowest BCUT2D eigenvalue weighted by Gasteiger charge is -2.34. The molecule has 2 aliphatic rings. The Morgan fingerprint density at radius 3 is 2.50 bits per heavy atom. The maximum absolute atomic E-state index is 11.6. The van der Waals surface area contributed by atoms with Gasteiger partial charge >= 0.3 is 5.97 Å². The van der Waals surface area contributed by atoms with Gasteiger partial charge in [-0.05, 0) is 51.6 Å². The standard InChI is InChI=1S/C14H25NO3/c1-2-18-14(16)13-3-7-15(8-4-13)11-12-5-9-17-10-6-12/h12-13H,2-11H2,1H3. The van der Waals surface area contributed by atoms with Crippen LogP contribution in [-0.4, -0.2) is 50.3 Å². The molecule has 0 bridgehead atoms. The van der Waals surface area contributed by atoms with Gasteiger partial charge in [-0.1, -0.05) is 0 Å². The molecule has 0 amide bonds. The minimum absolute atomic E-state index is 0.00298. The molecule has 0 atom stereocenters. The number of hydrogen-bond acceptors (Lipinski definition) is 4. The quantitative estimate of drug-likeness (QED) is 0.717. The molecule has 0 aromatic heterocycles. The van der Waals surface area contributed by atoms with E-state index in [0.717, 1.165) is 45.1 Å². The van der Waals surface area contributed by atoms with Crippen LogP contribution in [0.5, 0.6) is 0 Å². The topological polar surface area (TPSA) is 38.8 Å². The average Bonchev–Trinajstić information content (AvgIpc) is 2.41. The molecule has 0 aromatic carbocycles. The van der Waals surface area contributed by atoms with Crippen LogP contribution in [0.15, 0.2) is 0 Å². The van der Waals surface area contributed by atoms with Crippen molar-refractivity contribution in [2.24, 2.45) is 11.8 Å². The third-order valence-electron chi connectivity index (χ3n) is 4.06. The molecule has 0 saturated carbocycles. The van der Waals surface area contributed by atoms with Crippen molar-refractivity contribution in [2.75, 3.05) is 39.5 Å². The van der Waals surface area contributed by atoms with Crippen molar-refractivity contribution in [3.8, 4) is 0 Å². The fourth-order valence-corrected chi connectivity index (χ4v) is 2.91. The third kappa shape index (κ3) is 3.95. The fourth-order valence-electron chi connectivity index (χ4n) is 2.91. The fraction of sp³-hybridized carbons (Fsp3) is 0.929. The Kier molecular flexibility index (Phi) is 5.45. The Labute approximate surface area is 110 Å². The van der Waals surface area contributed by atoms with Crippen molar-refractivity contribution in [3.05, 3.63) is 0 Å². The number of rotatable bonds is 4. The van der Waals surface area contributed by atoms with E-state index >= 15 is 0 Å². The summed E-state index contributed by atoms with van der Waals surface area (Å²) < 4.78 is 10.5. The van der Waals surface area contributed by atoms with Crippen LogP contribution in [-0.2, 0) is 14.3 Å². The second-order valence-corrected chi connectivity index (χ2v) is 5.38. The van der Waals surface area contributed by atoms with E-state index in [1.165, 1.54) is 19.4 Å². The first-order valence-corrected chi connectivity index (χ1v) is 7.26. The number of carbonyl (C=O) groups excluding carboxylic acids is 1. The molecule has 0 unspecified atom stereocenters. The smallest absolute Gasteiger partial charge is 0.309 e. The normalized spacial score (nSPS) is 24.1. The minimum atomic E-state index is 0.00298. The van der Waals surface area contributed by atoms with E-state index in [1.54, 1.807) is 0 Å². The van der Waals surface area contributed by atoms with Gasteiger partial charge in [0.25, 0.3) is 0 Å². The van der Waals surface area contributed by atoms with E-state index in [2.05, 4.69) is 4.90 Å². The summed E-state index contributed by atoms with van der Waals surface area (Å²) in [6, 6.07) is 0. The zero-order chi connectivity index (χ0) is 12.8. The maximum atomic E-state index is 11.6. The lowest BCUT2D eigenvalue weighted by molar-refractivity contribution is -0.149. The first kappa shape index (κ1) is 13.8. The summed E-state index contributed by atoms with van der Waals surface area (Å²) in [5.41, 5.74) is 0. The van der Waals surface area contributed by atoms with Crippen LogP contribution in [0.4, 0.5) is 0 Å². The van der Waals surface area contributed by atoms with Crippen molar-refractivity contribution < 1.29 is 14.3 Å². The number of piperidine rings is 1. The van der Waals surface area contributed by atoms with E-state index in [4.69, 9.17) is 9.47 Å². The first-order chi connectivity index (χ1) is 8.79. The average molecular weight is 255 g/mol. The van der Waals surface area contributed by atoms with Crippen LogP contribution < -0.4 is 0 Å². The molecule has 0 spiro atoms. The van der Waals surface area contributed by atoms with Gasteiger partial charge in [-0.2, -0.15) is 0 Å². The maximum Gasteiger partial charge on any atom is 0.309 e. The molecule has 2 aliphatic heterocycles. The van der Waals surface area contributed by atoms with Crippen LogP contribution in [0.25, 0.3) is 0 Å². The predicted octanol–water partition coefficient (Wildman–Crippen LogP) is 1.69. The zero-order valence-electron chi connectivity index (χ0n) is 11.4. The SMILES string of the molecule is CCOC(=O)C1CCN(CC2CCOCC2)CC1. The van der Waals surface area contributed by atoms with Gasteiger partial charge in [0.15, 0.2) is 0 Å². The molecule has 0 aliphatic carbocycles. The summed E-state index contributed by atoms with van der Waals surface area (Å²) in [7, 11) is 0. The van der Waals surface area contributed by atoms with Gasteiger partial charge < -0.3 is 14.4 Å². The van der Waals surface area contributed by atoms with Gasteiger partial charge in [-0.15, -0.1) is 0 Å². The highest BCUT2D eigenvalue weighted by atomic mass is 16.5. The molecule has 4 nitrogen and oxygen atoms in total. The monoisotopic (exact) mass is 255 g/mol. The Balaban J connectivity index is 1.68. The summed E-state index contributed by atoms with van der Waals surface area (Å²) in [6.07, 6.45) is 4.31. The summed E-state index contributed by atoms with van der Waals surface area (Å²) in [6.45, 7) is 7.48. The predicted molar refractivity (Wildman–Crippen MR) is 69.3 cm³/mol. The molecule has 0 radical (unpaired) electrons. The molecule has 2 fully saturated rings. The molecule has 4 heteroatoms. The number of ether oxygens (including phenoxy) is 2. The van der Waals surface area contributed by atoms with Gasteiger partial charge in [0.05, 0.1) is 12.5 Å². The molecule has 18 heavy (non-hydrogen) atoms. The second kappa shape index (κ2) is 7.10. The lowest BCUT2D eigenvalue weighted by atomic mass is 9.94. The van der Waals surface area contributed by atoms with Crippen molar-refractivity contribution in [2.45, 2.75) is 32.6 Å². The summed E-state index contributed by atoms with van der Waals surface area (Å²) >= 11 is 0. The van der Waals surface area contributed by atoms with E-state index in [1.807, 2.05) is 6.92 Å². The van der Waals surface area contributed by atoms with Gasteiger partial charge in [0.1, 0.15) is 0 Å². The Hall–Kier alpha value is -0.610. The van der Waals surface area contributed by atoms with E-state index in [-0.39, 0.29) is 11.9 Å². The summed E-state index contributed by atoms with van der Waals surface area (Å²) in [4.78, 5) is 14.1. The Morgan fingerprint density at radius 1 is 1.22 bits per heavy atom. The molecule has 0 N–H and O–H groups in total. The van der Waals surface area contributed by atoms with Crippen molar-refractivity contribution in [1.29, 1.82) is 0 Å². The van der Waals surface area contributed by atoms with Gasteiger partial charge in [-0.25, -0.2) is 0 Å². The van der Waals surface area contributed by atoms with Crippen molar-refractivity contribution >= 4 is 5.97 Å². The molecular formula is C14H25NO3. The zero-order valence-corrected chi connectivity index (χ0v) is 11.4. The lowest BCUT2D eigenvalue weighted by Crippen LogP contribution is -2.40. The Morgan fingerprint density at radius 2 is 1.89 bits per heavy atom. The first-order valence-electron chi connectivity index (χ1n) is 7.26. The largest absolute Gasteiger partial charge is 0.466 e. The number of likely N-dealkylation sites (tertiary alicyclic amines) is 1. The van der Waals surface area contributed by atoms with Crippen molar-refractivity contribution in [3.63, 3.8) is 0 Å².